The average molecular weight is 255 g/mol. The molecule has 1 aromatic carbocycles. The topological polar surface area (TPSA) is 68.0 Å². The van der Waals surface area contributed by atoms with Crippen LogP contribution in [0.1, 0.15) is 18.2 Å². The molecule has 1 atom stereocenters. The zero-order valence-corrected chi connectivity index (χ0v) is 11.1. The maximum atomic E-state index is 11.8. The number of carbonyl (C=O) groups is 1. The number of carbonyl (C=O) groups excluding carboxylic acids is 1. The number of nitrogens with two attached hydrogens (primary N) is 1. The molecule has 4 nitrogen and oxygen atoms in total. The van der Waals surface area contributed by atoms with Crippen molar-refractivity contribution >= 4 is 11.6 Å². The van der Waals surface area contributed by atoms with Crippen molar-refractivity contribution in [2.24, 2.45) is 5.73 Å². The second kappa shape index (κ2) is 5.10. The van der Waals surface area contributed by atoms with Crippen molar-refractivity contribution in [3.63, 3.8) is 0 Å². The van der Waals surface area contributed by atoms with Gasteiger partial charge in [0.25, 0.3) is 0 Å². The molecule has 0 aliphatic heterocycles. The Morgan fingerprint density at radius 3 is 2.63 bits per heavy atom. The molecule has 3 N–H and O–H groups in total. The normalized spacial score (nSPS) is 13.6. The zero-order chi connectivity index (χ0) is 13.9. The van der Waals surface area contributed by atoms with E-state index >= 15 is 0 Å². The molecule has 0 spiro atoms. The van der Waals surface area contributed by atoms with Gasteiger partial charge in [0.05, 0.1) is 5.69 Å². The second-order valence-corrected chi connectivity index (χ2v) is 4.70. The van der Waals surface area contributed by atoms with E-state index in [-0.39, 0.29) is 0 Å². The summed E-state index contributed by atoms with van der Waals surface area (Å²) in [5.74, 6) is -0.465. The van der Waals surface area contributed by atoms with Gasteiger partial charge in [0, 0.05) is 11.9 Å². The van der Waals surface area contributed by atoms with Gasteiger partial charge >= 0.3 is 0 Å². The highest BCUT2D eigenvalue weighted by molar-refractivity contribution is 5.88. The van der Waals surface area contributed by atoms with Gasteiger partial charge in [0.2, 0.25) is 5.91 Å². The van der Waals surface area contributed by atoms with Crippen molar-refractivity contribution in [1.29, 1.82) is 0 Å². The lowest BCUT2D eigenvalue weighted by atomic mass is 9.95. The van der Waals surface area contributed by atoms with Crippen LogP contribution >= 0.6 is 0 Å². The molecule has 2 aromatic rings. The minimum absolute atomic E-state index is 0.465. The highest BCUT2D eigenvalue weighted by Crippen LogP contribution is 2.24. The van der Waals surface area contributed by atoms with Gasteiger partial charge in [-0.15, -0.1) is 0 Å². The lowest BCUT2D eigenvalue weighted by molar-refractivity contribution is -0.122. The van der Waals surface area contributed by atoms with Crippen molar-refractivity contribution in [3.05, 3.63) is 59.9 Å². The largest absolute Gasteiger partial charge is 0.367 e. The van der Waals surface area contributed by atoms with E-state index in [0.717, 1.165) is 11.3 Å². The summed E-state index contributed by atoms with van der Waals surface area (Å²) in [6, 6.07) is 13.2. The molecule has 1 aromatic heterocycles. The van der Waals surface area contributed by atoms with Gasteiger partial charge in [-0.2, -0.15) is 0 Å². The van der Waals surface area contributed by atoms with Crippen LogP contribution in [0.4, 0.5) is 5.69 Å². The molecular weight excluding hydrogens is 238 g/mol. The number of pyridine rings is 1. The predicted molar refractivity (Wildman–Crippen MR) is 75.6 cm³/mol. The number of nitrogens with zero attached hydrogens (tertiary/aromatic N) is 1. The Kier molecular flexibility index (Phi) is 3.51. The molecule has 1 unspecified atom stereocenters. The zero-order valence-electron chi connectivity index (χ0n) is 11.1. The summed E-state index contributed by atoms with van der Waals surface area (Å²) >= 11 is 0. The van der Waals surface area contributed by atoms with E-state index < -0.39 is 11.4 Å². The van der Waals surface area contributed by atoms with E-state index in [1.54, 1.807) is 25.3 Å². The number of rotatable bonds is 4. The number of aryl methyl sites for hydroxylation is 1. The van der Waals surface area contributed by atoms with Gasteiger partial charge in [-0.25, -0.2) is 0 Å². The van der Waals surface area contributed by atoms with Crippen molar-refractivity contribution < 1.29 is 4.79 Å². The third kappa shape index (κ3) is 2.73. The molecule has 1 amide bonds. The number of primary amides is 1. The molecule has 4 heteroatoms. The molecule has 0 saturated heterocycles. The Labute approximate surface area is 112 Å². The summed E-state index contributed by atoms with van der Waals surface area (Å²) in [4.78, 5) is 16.1. The predicted octanol–water partition coefficient (Wildman–Crippen LogP) is 2.20. The van der Waals surface area contributed by atoms with Crippen LogP contribution in [0.3, 0.4) is 0 Å². The van der Waals surface area contributed by atoms with E-state index in [2.05, 4.69) is 10.3 Å². The summed E-state index contributed by atoms with van der Waals surface area (Å²) in [7, 11) is 0. The van der Waals surface area contributed by atoms with Gasteiger partial charge in [0.1, 0.15) is 0 Å². The summed E-state index contributed by atoms with van der Waals surface area (Å²) < 4.78 is 0. The number of aromatic nitrogens is 1. The van der Waals surface area contributed by atoms with Crippen LogP contribution in [0.5, 0.6) is 0 Å². The Hall–Kier alpha value is -2.36. The number of anilines is 1. The van der Waals surface area contributed by atoms with Crippen LogP contribution in [0.25, 0.3) is 0 Å². The SMILES string of the molecule is Cc1cccc(NC(C)(C(N)=O)c2ccccn2)c1. The molecule has 2 rings (SSSR count). The molecule has 1 heterocycles. The third-order valence-corrected chi connectivity index (χ3v) is 3.08. The Bertz CT molecular complexity index is 583. The highest BCUT2D eigenvalue weighted by Gasteiger charge is 2.34. The minimum Gasteiger partial charge on any atom is -0.367 e. The lowest BCUT2D eigenvalue weighted by Crippen LogP contribution is -2.45. The molecule has 0 bridgehead atoms. The Balaban J connectivity index is 2.39. The third-order valence-electron chi connectivity index (χ3n) is 3.08. The Morgan fingerprint density at radius 1 is 1.26 bits per heavy atom. The van der Waals surface area contributed by atoms with E-state index in [1.165, 1.54) is 0 Å². The fraction of sp³-hybridized carbons (Fsp3) is 0.200. The fourth-order valence-corrected chi connectivity index (χ4v) is 1.92. The van der Waals surface area contributed by atoms with Crippen molar-refractivity contribution in [2.75, 3.05) is 5.32 Å². The van der Waals surface area contributed by atoms with Crippen molar-refractivity contribution in [1.82, 2.24) is 4.98 Å². The van der Waals surface area contributed by atoms with Crippen LogP contribution in [-0.2, 0) is 10.3 Å². The minimum atomic E-state index is -1.03. The summed E-state index contributed by atoms with van der Waals surface area (Å²) in [5.41, 5.74) is 7.06. The molecule has 19 heavy (non-hydrogen) atoms. The summed E-state index contributed by atoms with van der Waals surface area (Å²) in [6.45, 7) is 3.73. The van der Waals surface area contributed by atoms with Gasteiger partial charge < -0.3 is 11.1 Å². The molecule has 98 valence electrons. The monoisotopic (exact) mass is 255 g/mol. The molecule has 0 aliphatic carbocycles. The fourth-order valence-electron chi connectivity index (χ4n) is 1.92. The molecule has 0 saturated carbocycles. The van der Waals surface area contributed by atoms with E-state index in [4.69, 9.17) is 5.73 Å². The smallest absolute Gasteiger partial charge is 0.249 e. The van der Waals surface area contributed by atoms with Crippen molar-refractivity contribution in [3.8, 4) is 0 Å². The first kappa shape index (κ1) is 13.1. The number of benzene rings is 1. The van der Waals surface area contributed by atoms with E-state index in [9.17, 15) is 4.79 Å². The second-order valence-electron chi connectivity index (χ2n) is 4.70. The number of hydrogen-bond acceptors (Lipinski definition) is 3. The van der Waals surface area contributed by atoms with E-state index in [1.807, 2.05) is 37.3 Å². The first-order chi connectivity index (χ1) is 9.02. The Morgan fingerprint density at radius 2 is 2.05 bits per heavy atom. The van der Waals surface area contributed by atoms with Crippen LogP contribution in [0.2, 0.25) is 0 Å². The van der Waals surface area contributed by atoms with Gasteiger partial charge in [-0.05, 0) is 43.7 Å². The number of hydrogen-bond donors (Lipinski definition) is 2. The van der Waals surface area contributed by atoms with Crippen LogP contribution < -0.4 is 11.1 Å². The van der Waals surface area contributed by atoms with Gasteiger partial charge in [0.15, 0.2) is 5.54 Å². The van der Waals surface area contributed by atoms with Crippen LogP contribution in [0.15, 0.2) is 48.7 Å². The summed E-state index contributed by atoms with van der Waals surface area (Å²) in [6.07, 6.45) is 1.65. The molecular formula is C15H17N3O. The summed E-state index contributed by atoms with van der Waals surface area (Å²) in [5, 5.41) is 3.17. The van der Waals surface area contributed by atoms with E-state index in [0.29, 0.717) is 5.69 Å². The first-order valence-electron chi connectivity index (χ1n) is 6.08. The molecule has 0 aliphatic rings. The van der Waals surface area contributed by atoms with Gasteiger partial charge in [-0.3, -0.25) is 9.78 Å². The molecule has 0 fully saturated rings. The highest BCUT2D eigenvalue weighted by atomic mass is 16.1. The maximum absolute atomic E-state index is 11.8. The first-order valence-corrected chi connectivity index (χ1v) is 6.08. The van der Waals surface area contributed by atoms with Gasteiger partial charge in [-0.1, -0.05) is 18.2 Å². The van der Waals surface area contributed by atoms with Crippen LogP contribution in [0, 0.1) is 6.92 Å². The number of amides is 1. The maximum Gasteiger partial charge on any atom is 0.249 e. The average Bonchev–Trinajstić information content (AvgIpc) is 2.39. The standard InChI is InChI=1S/C15H17N3O/c1-11-6-5-7-12(10-11)18-15(2,14(16)19)13-8-3-4-9-17-13/h3-10,18H,1-2H3,(H2,16,19). The lowest BCUT2D eigenvalue weighted by Gasteiger charge is -2.28. The number of nitrogens with one attached hydrogen (secondary N) is 1. The molecule has 0 radical (unpaired) electrons. The van der Waals surface area contributed by atoms with Crippen LogP contribution in [-0.4, -0.2) is 10.9 Å². The quantitative estimate of drug-likeness (QED) is 0.880. The van der Waals surface area contributed by atoms with Crippen molar-refractivity contribution in [2.45, 2.75) is 19.4 Å².